The number of halogens is 2. The molecule has 0 unspecified atom stereocenters. The van der Waals surface area contributed by atoms with Gasteiger partial charge in [-0.05, 0) is 42.5 Å². The summed E-state index contributed by atoms with van der Waals surface area (Å²) in [6.45, 7) is 3.54. The van der Waals surface area contributed by atoms with Gasteiger partial charge in [0.1, 0.15) is 5.82 Å². The minimum absolute atomic E-state index is 0.0112. The first kappa shape index (κ1) is 49.6. The summed E-state index contributed by atoms with van der Waals surface area (Å²) in [6.07, 6.45) is 2.29. The van der Waals surface area contributed by atoms with E-state index < -0.39 is 5.82 Å². The van der Waals surface area contributed by atoms with E-state index >= 15 is 0 Å². The van der Waals surface area contributed by atoms with Crippen LogP contribution in [0.4, 0.5) is 35.8 Å². The SMILES string of the molecule is CN(C(=O)N1CCc2[nH]nc(-c3ccccc3)c2C1)c1ccccc1.O=C(Nc1ccc(F)c(Cl)c1)N1CCc2[nH]nc(-c3ccccc3)c2C1.O=C(Nc1ccccc1)N1CCc2[nH]nc(-c3ccccc3)c2C1. The summed E-state index contributed by atoms with van der Waals surface area (Å²) >= 11 is 5.77. The molecule has 3 aliphatic rings. The highest BCUT2D eigenvalue weighted by Gasteiger charge is 2.29. The molecule has 378 valence electrons. The number of carbonyl (C=O) groups excluding carboxylic acids is 3. The van der Waals surface area contributed by atoms with Gasteiger partial charge in [-0.1, -0.05) is 139 Å². The van der Waals surface area contributed by atoms with Crippen LogP contribution in [0.3, 0.4) is 0 Å². The predicted molar refractivity (Wildman–Crippen MR) is 291 cm³/mol. The summed E-state index contributed by atoms with van der Waals surface area (Å²) in [5.41, 5.74) is 14.6. The highest BCUT2D eigenvalue weighted by molar-refractivity contribution is 6.31. The second-order valence-electron chi connectivity index (χ2n) is 18.2. The minimum Gasteiger partial charge on any atom is -0.320 e. The largest absolute Gasteiger partial charge is 0.324 e. The maximum absolute atomic E-state index is 13.3. The lowest BCUT2D eigenvalue weighted by atomic mass is 10.0. The zero-order valence-electron chi connectivity index (χ0n) is 41.1. The molecule has 6 amide bonds. The fourth-order valence-corrected chi connectivity index (χ4v) is 9.55. The van der Waals surface area contributed by atoms with Gasteiger partial charge in [-0.15, -0.1) is 0 Å². The van der Waals surface area contributed by atoms with Crippen molar-refractivity contribution in [2.45, 2.75) is 38.9 Å². The van der Waals surface area contributed by atoms with Gasteiger partial charge >= 0.3 is 18.1 Å². The minimum atomic E-state index is -0.516. The van der Waals surface area contributed by atoms with Gasteiger partial charge in [0.2, 0.25) is 0 Å². The molecule has 17 heteroatoms. The zero-order valence-corrected chi connectivity index (χ0v) is 41.9. The molecular weight excluding hydrogens is 967 g/mol. The van der Waals surface area contributed by atoms with Crippen LogP contribution in [0, 0.1) is 5.82 Å². The van der Waals surface area contributed by atoms with Crippen LogP contribution in [-0.4, -0.2) is 90.1 Å². The predicted octanol–water partition coefficient (Wildman–Crippen LogP) is 11.8. The number of fused-ring (bicyclic) bond motifs is 3. The Balaban J connectivity index is 0.000000128. The van der Waals surface area contributed by atoms with E-state index in [1.54, 1.807) is 9.80 Å². The normalized spacial score (nSPS) is 13.4. The first-order chi connectivity index (χ1) is 36.7. The summed E-state index contributed by atoms with van der Waals surface area (Å²) in [6, 6.07) is 53.1. The topological polar surface area (TPSA) is 174 Å². The first-order valence-electron chi connectivity index (χ1n) is 24.7. The monoisotopic (exact) mass is 1020 g/mol. The molecule has 15 nitrogen and oxygen atoms in total. The third kappa shape index (κ3) is 11.5. The highest BCUT2D eigenvalue weighted by Crippen LogP contribution is 2.32. The Morgan fingerprint density at radius 2 is 0.880 bits per heavy atom. The highest BCUT2D eigenvalue weighted by atomic mass is 35.5. The molecule has 6 heterocycles. The molecule has 75 heavy (non-hydrogen) atoms. The third-order valence-corrected chi connectivity index (χ3v) is 13.7. The molecule has 6 aromatic carbocycles. The fourth-order valence-electron chi connectivity index (χ4n) is 9.37. The summed E-state index contributed by atoms with van der Waals surface area (Å²) in [4.78, 5) is 45.1. The quantitative estimate of drug-likeness (QED) is 0.111. The third-order valence-electron chi connectivity index (χ3n) is 13.4. The Labute approximate surface area is 438 Å². The van der Waals surface area contributed by atoms with E-state index in [9.17, 15) is 18.8 Å². The number of hydrogen-bond acceptors (Lipinski definition) is 6. The van der Waals surface area contributed by atoms with Gasteiger partial charge in [-0.2, -0.15) is 15.3 Å². The van der Waals surface area contributed by atoms with E-state index in [1.165, 1.54) is 18.2 Å². The number of aromatic nitrogens is 6. The van der Waals surface area contributed by atoms with Gasteiger partial charge in [-0.25, -0.2) is 18.8 Å². The maximum Gasteiger partial charge on any atom is 0.324 e. The molecule has 0 saturated heterocycles. The van der Waals surface area contributed by atoms with Crippen LogP contribution in [0.2, 0.25) is 5.02 Å². The zero-order chi connectivity index (χ0) is 51.7. The Kier molecular flexibility index (Phi) is 15.1. The number of aromatic amines is 3. The van der Waals surface area contributed by atoms with Crippen molar-refractivity contribution in [2.75, 3.05) is 42.2 Å². The van der Waals surface area contributed by atoms with Crippen LogP contribution >= 0.6 is 11.6 Å². The van der Waals surface area contributed by atoms with Gasteiger partial charge in [-0.3, -0.25) is 20.2 Å². The van der Waals surface area contributed by atoms with E-state index in [4.69, 9.17) is 11.6 Å². The molecule has 0 saturated carbocycles. The summed E-state index contributed by atoms with van der Waals surface area (Å²) in [7, 11) is 1.82. The molecule has 0 fully saturated rings. The van der Waals surface area contributed by atoms with Gasteiger partial charge in [0.25, 0.3) is 0 Å². The second-order valence-corrected chi connectivity index (χ2v) is 18.6. The Bertz CT molecular complexity index is 3390. The number of nitrogens with one attached hydrogen (secondary N) is 5. The van der Waals surface area contributed by atoms with Crippen molar-refractivity contribution in [2.24, 2.45) is 0 Å². The lowest BCUT2D eigenvalue weighted by Gasteiger charge is -2.31. The average Bonchev–Trinajstić information content (AvgIpc) is 4.23. The standard InChI is InChI=1S/C20H20N4O.C19H16ClFN4O.C19H18N4O/c1-23(16-10-6-3-7-11-16)20(25)24-13-12-18-17(14-24)19(22-21-18)15-8-4-2-5-9-15;20-15-10-13(6-7-16(15)21)22-19(26)25-9-8-17-14(11-25)18(24-23-17)12-4-2-1-3-5-12;24-19(20-15-9-5-2-6-10-15)23-12-11-17-16(13-23)18(22-21-17)14-7-3-1-4-8-14/h2-11H,12-14H2,1H3,(H,21,22);1-7,10H,8-9,11H2,(H,22,26)(H,23,24);1-10H,11-13H2,(H,20,24)(H,21,22). The first-order valence-corrected chi connectivity index (χ1v) is 25.1. The number of amides is 6. The number of nitrogens with zero attached hydrogens (tertiary/aromatic N) is 7. The number of anilines is 3. The number of para-hydroxylation sites is 2. The Morgan fingerprint density at radius 1 is 0.507 bits per heavy atom. The second kappa shape index (κ2) is 22.8. The number of benzene rings is 6. The lowest BCUT2D eigenvalue weighted by molar-refractivity contribution is 0.200. The Hall–Kier alpha value is -9.02. The molecule has 12 rings (SSSR count). The van der Waals surface area contributed by atoms with E-state index in [-0.39, 0.29) is 23.1 Å². The molecule has 0 radical (unpaired) electrons. The summed E-state index contributed by atoms with van der Waals surface area (Å²) in [5, 5.41) is 28.4. The molecule has 5 N–H and O–H groups in total. The van der Waals surface area contributed by atoms with Crippen molar-refractivity contribution < 1.29 is 18.8 Å². The molecule has 9 aromatic rings. The van der Waals surface area contributed by atoms with Crippen molar-refractivity contribution in [1.29, 1.82) is 0 Å². The maximum atomic E-state index is 13.3. The molecule has 3 aliphatic heterocycles. The van der Waals surface area contributed by atoms with Gasteiger partial charge in [0.05, 0.1) is 41.7 Å². The van der Waals surface area contributed by atoms with Crippen LogP contribution in [0.5, 0.6) is 0 Å². The lowest BCUT2D eigenvalue weighted by Crippen LogP contribution is -2.43. The number of rotatable bonds is 6. The number of carbonyl (C=O) groups is 3. The average molecular weight is 1020 g/mol. The van der Waals surface area contributed by atoms with Crippen LogP contribution in [0.1, 0.15) is 33.8 Å². The van der Waals surface area contributed by atoms with E-state index in [0.717, 1.165) is 91.8 Å². The molecule has 3 aromatic heterocycles. The van der Waals surface area contributed by atoms with Crippen molar-refractivity contribution in [1.82, 2.24) is 45.3 Å². The van der Waals surface area contributed by atoms with Crippen LogP contribution in [0.15, 0.2) is 170 Å². The van der Waals surface area contributed by atoms with E-state index in [0.29, 0.717) is 51.4 Å². The number of H-pyrrole nitrogens is 3. The summed E-state index contributed by atoms with van der Waals surface area (Å²) in [5.74, 6) is -0.516. The number of hydrogen-bond donors (Lipinski definition) is 5. The van der Waals surface area contributed by atoms with E-state index in [1.807, 2.05) is 169 Å². The van der Waals surface area contributed by atoms with E-state index in [2.05, 4.69) is 41.2 Å². The molecule has 0 atom stereocenters. The molecular formula is C58H54ClFN12O3. The molecule has 0 bridgehead atoms. The number of urea groups is 3. The Morgan fingerprint density at radius 3 is 1.31 bits per heavy atom. The van der Waals surface area contributed by atoms with Crippen molar-refractivity contribution in [3.8, 4) is 33.8 Å². The smallest absolute Gasteiger partial charge is 0.320 e. The van der Waals surface area contributed by atoms with Crippen molar-refractivity contribution >= 4 is 46.8 Å². The molecule has 0 spiro atoms. The van der Waals surface area contributed by atoms with Gasteiger partial charge < -0.3 is 25.3 Å². The van der Waals surface area contributed by atoms with Crippen LogP contribution < -0.4 is 15.5 Å². The molecule has 0 aliphatic carbocycles. The van der Waals surface area contributed by atoms with Gasteiger partial charge in [0.15, 0.2) is 0 Å². The van der Waals surface area contributed by atoms with Gasteiger partial charge in [0, 0.05) is 113 Å². The fraction of sp³-hybridized carbons (Fsp3) is 0.172. The van der Waals surface area contributed by atoms with Crippen LogP contribution in [0.25, 0.3) is 33.8 Å². The van der Waals surface area contributed by atoms with Crippen molar-refractivity contribution in [3.05, 3.63) is 214 Å². The van der Waals surface area contributed by atoms with Crippen molar-refractivity contribution in [3.63, 3.8) is 0 Å². The van der Waals surface area contributed by atoms with Crippen LogP contribution in [-0.2, 0) is 38.9 Å². The summed E-state index contributed by atoms with van der Waals surface area (Å²) < 4.78 is 13.3.